The Labute approximate surface area is 144 Å². The number of aliphatic hydroxyl groups is 1. The average molecular weight is 342 g/mol. The third-order valence-electron chi connectivity index (χ3n) is 3.30. The summed E-state index contributed by atoms with van der Waals surface area (Å²) in [4.78, 5) is 15.5. The molecule has 0 aliphatic heterocycles. The van der Waals surface area contributed by atoms with Crippen LogP contribution in [0.15, 0.2) is 59.5 Å². The van der Waals surface area contributed by atoms with Gasteiger partial charge in [-0.2, -0.15) is 4.79 Å². The van der Waals surface area contributed by atoms with E-state index in [9.17, 15) is 9.90 Å². The minimum atomic E-state index is -1.35. The van der Waals surface area contributed by atoms with Crippen molar-refractivity contribution >= 4 is 23.4 Å². The molecule has 0 bridgehead atoms. The molecule has 2 aromatic rings. The van der Waals surface area contributed by atoms with Gasteiger partial charge in [-0.15, -0.1) is 11.8 Å². The van der Waals surface area contributed by atoms with Gasteiger partial charge in [-0.3, -0.25) is 0 Å². The number of thioether (sulfide) groups is 1. The van der Waals surface area contributed by atoms with Crippen molar-refractivity contribution in [3.05, 3.63) is 71.3 Å². The molecule has 2 aromatic carbocycles. The van der Waals surface area contributed by atoms with Crippen LogP contribution in [0.5, 0.6) is 0 Å². The van der Waals surface area contributed by atoms with Gasteiger partial charge in [-0.1, -0.05) is 48.5 Å². The number of hydrogen-bond donors (Lipinski definition) is 1. The number of carbonyl (C=O) groups is 1. The molecule has 24 heavy (non-hydrogen) atoms. The number of ether oxygens (including phenoxy) is 1. The number of hydrogen-bond acceptors (Lipinski definition) is 4. The van der Waals surface area contributed by atoms with Crippen molar-refractivity contribution in [3.63, 3.8) is 0 Å². The maximum Gasteiger partial charge on any atom is 0.420 e. The number of carbonyl (C=O) groups excluding carboxylic acids is 1. The van der Waals surface area contributed by atoms with Gasteiger partial charge in [-0.05, 0) is 18.6 Å². The zero-order valence-electron chi connectivity index (χ0n) is 13.3. The Hall–Kier alpha value is -2.40. The molecular weight excluding hydrogens is 324 g/mol. The van der Waals surface area contributed by atoms with Gasteiger partial charge in [0.15, 0.2) is 6.10 Å². The molecule has 5 nitrogen and oxygen atoms in total. The summed E-state index contributed by atoms with van der Waals surface area (Å²) in [6.45, 7) is 1.78. The van der Waals surface area contributed by atoms with E-state index in [0.717, 1.165) is 16.2 Å². The van der Waals surface area contributed by atoms with Crippen LogP contribution in [0.4, 0.5) is 0 Å². The Bertz CT molecular complexity index is 743. The molecule has 0 saturated carbocycles. The lowest BCUT2D eigenvalue weighted by molar-refractivity contribution is -0.141. The van der Waals surface area contributed by atoms with Crippen LogP contribution in [-0.2, 0) is 15.3 Å². The molecule has 0 unspecified atom stereocenters. The summed E-state index contributed by atoms with van der Waals surface area (Å²) in [7, 11) is 0. The predicted molar refractivity (Wildman–Crippen MR) is 92.7 cm³/mol. The molecule has 0 fully saturated rings. The topological polar surface area (TPSA) is 82.9 Å². The number of esters is 1. The Morgan fingerprint density at radius 1 is 1.21 bits per heavy atom. The fourth-order valence-corrected chi connectivity index (χ4v) is 3.17. The Morgan fingerprint density at radius 3 is 2.54 bits per heavy atom. The monoisotopic (exact) mass is 342 g/mol. The van der Waals surface area contributed by atoms with Gasteiger partial charge in [0.1, 0.15) is 0 Å². The highest BCUT2D eigenvalue weighted by atomic mass is 32.2. The first kappa shape index (κ1) is 17.9. The summed E-state index contributed by atoms with van der Waals surface area (Å²) >= 11 is 1.53. The number of aliphatic hydroxyl groups excluding tert-OH is 1. The lowest BCUT2D eigenvalue weighted by Crippen LogP contribution is -2.26. The minimum Gasteiger partial charge on any atom is -0.457 e. The fraction of sp³-hybridized carbons (Fsp3) is 0.222. The maximum atomic E-state index is 11.8. The van der Waals surface area contributed by atoms with Crippen LogP contribution in [0.2, 0.25) is 0 Å². The molecule has 6 heteroatoms. The number of benzene rings is 2. The summed E-state index contributed by atoms with van der Waals surface area (Å²) in [5.41, 5.74) is 10.3. The van der Waals surface area contributed by atoms with Gasteiger partial charge in [0.2, 0.25) is 0 Å². The molecule has 0 aliphatic rings. The van der Waals surface area contributed by atoms with Crippen molar-refractivity contribution in [1.29, 1.82) is 0 Å². The maximum absolute atomic E-state index is 11.8. The molecule has 0 saturated heterocycles. The Balaban J connectivity index is 2.21. The fourth-order valence-electron chi connectivity index (χ4n) is 2.13. The summed E-state index contributed by atoms with van der Waals surface area (Å²) in [5, 5.41) is 10.5. The van der Waals surface area contributed by atoms with E-state index in [-0.39, 0.29) is 6.61 Å². The first-order valence-corrected chi connectivity index (χ1v) is 8.48. The van der Waals surface area contributed by atoms with E-state index in [0.29, 0.717) is 5.56 Å². The summed E-state index contributed by atoms with van der Waals surface area (Å²) in [6.07, 6.45) is -1.35. The van der Waals surface area contributed by atoms with Crippen molar-refractivity contribution in [2.24, 2.45) is 0 Å². The molecular formula is C18H18N2O3S. The third-order valence-corrected chi connectivity index (χ3v) is 4.46. The second-order valence-corrected chi connectivity index (χ2v) is 5.94. The van der Waals surface area contributed by atoms with Gasteiger partial charge in [0.05, 0.1) is 6.61 Å². The first-order valence-electron chi connectivity index (χ1n) is 7.50. The zero-order valence-corrected chi connectivity index (χ0v) is 14.1. The van der Waals surface area contributed by atoms with Crippen molar-refractivity contribution in [1.82, 2.24) is 0 Å². The number of rotatable bonds is 7. The van der Waals surface area contributed by atoms with Crippen LogP contribution >= 0.6 is 11.8 Å². The van der Waals surface area contributed by atoms with Gasteiger partial charge in [0, 0.05) is 16.2 Å². The Morgan fingerprint density at radius 2 is 1.88 bits per heavy atom. The lowest BCUT2D eigenvalue weighted by Gasteiger charge is -2.12. The van der Waals surface area contributed by atoms with E-state index in [1.165, 1.54) is 11.8 Å². The lowest BCUT2D eigenvalue weighted by atomic mass is 10.1. The van der Waals surface area contributed by atoms with Crippen molar-refractivity contribution in [3.8, 4) is 0 Å². The highest BCUT2D eigenvalue weighted by Gasteiger charge is 2.33. The van der Waals surface area contributed by atoms with Crippen LogP contribution in [0.3, 0.4) is 0 Å². The third kappa shape index (κ3) is 4.55. The van der Waals surface area contributed by atoms with Crippen molar-refractivity contribution < 1.29 is 19.4 Å². The average Bonchev–Trinajstić information content (AvgIpc) is 2.62. The second-order valence-electron chi connectivity index (χ2n) is 4.92. The Kier molecular flexibility index (Phi) is 6.75. The normalized spacial score (nSPS) is 11.4. The highest BCUT2D eigenvalue weighted by Crippen LogP contribution is 2.30. The molecule has 1 atom stereocenters. The summed E-state index contributed by atoms with van der Waals surface area (Å²) < 4.78 is 4.81. The molecule has 0 radical (unpaired) electrons. The van der Waals surface area contributed by atoms with Crippen LogP contribution in [0.25, 0.3) is 5.53 Å². The standard InChI is InChI=1S/C18H18N2O3S/c1-2-23-18(22)16(20-19)17(21)14-10-6-7-11-15(14)24-12-13-8-4-3-5-9-13/h3-11,17,21H,2,12H2,1H3/t17-/m1/s1. The molecule has 2 rings (SSSR count). The van der Waals surface area contributed by atoms with E-state index >= 15 is 0 Å². The zero-order chi connectivity index (χ0) is 17.4. The molecule has 0 heterocycles. The SMILES string of the molecule is CCOC(=O)C(=[N+]=[N-])[C@H](O)c1ccccc1SCc1ccccc1. The predicted octanol–water partition coefficient (Wildman–Crippen LogP) is 3.25. The second kappa shape index (κ2) is 9.03. The molecule has 0 aromatic heterocycles. The van der Waals surface area contributed by atoms with E-state index in [1.54, 1.807) is 19.1 Å². The number of nitrogens with zero attached hydrogens (tertiary/aromatic N) is 2. The van der Waals surface area contributed by atoms with Crippen LogP contribution in [0.1, 0.15) is 24.2 Å². The molecule has 1 N–H and O–H groups in total. The van der Waals surface area contributed by atoms with Crippen molar-refractivity contribution in [2.45, 2.75) is 23.7 Å². The quantitative estimate of drug-likeness (QED) is 0.275. The smallest absolute Gasteiger partial charge is 0.420 e. The first-order chi connectivity index (χ1) is 11.7. The van der Waals surface area contributed by atoms with Gasteiger partial charge in [-0.25, -0.2) is 4.79 Å². The molecule has 0 amide bonds. The summed E-state index contributed by atoms with van der Waals surface area (Å²) in [6, 6.07) is 17.1. The van der Waals surface area contributed by atoms with Crippen LogP contribution in [0, 0.1) is 0 Å². The van der Waals surface area contributed by atoms with Crippen LogP contribution in [-0.4, -0.2) is 28.2 Å². The van der Waals surface area contributed by atoms with Gasteiger partial charge < -0.3 is 15.4 Å². The van der Waals surface area contributed by atoms with Gasteiger partial charge in [0.25, 0.3) is 0 Å². The van der Waals surface area contributed by atoms with E-state index in [1.807, 2.05) is 42.5 Å². The highest BCUT2D eigenvalue weighted by molar-refractivity contribution is 7.98. The summed E-state index contributed by atoms with van der Waals surface area (Å²) in [5.74, 6) is -0.120. The molecule has 0 spiro atoms. The van der Waals surface area contributed by atoms with Gasteiger partial charge >= 0.3 is 11.7 Å². The minimum absolute atomic E-state index is 0.134. The largest absolute Gasteiger partial charge is 0.457 e. The van der Waals surface area contributed by atoms with E-state index in [2.05, 4.69) is 4.79 Å². The molecule has 124 valence electrons. The van der Waals surface area contributed by atoms with E-state index < -0.39 is 17.8 Å². The van der Waals surface area contributed by atoms with Crippen molar-refractivity contribution in [2.75, 3.05) is 6.61 Å². The van der Waals surface area contributed by atoms with Crippen LogP contribution < -0.4 is 0 Å². The molecule has 0 aliphatic carbocycles. The van der Waals surface area contributed by atoms with E-state index in [4.69, 9.17) is 10.3 Å².